The maximum atomic E-state index is 12.3. The molecule has 4 aliphatic rings. The van der Waals surface area contributed by atoms with E-state index in [0.717, 1.165) is 61.9 Å². The van der Waals surface area contributed by atoms with Gasteiger partial charge in [0.15, 0.2) is 0 Å². The van der Waals surface area contributed by atoms with Crippen LogP contribution in [-0.4, -0.2) is 49.2 Å². The highest BCUT2D eigenvalue weighted by Gasteiger charge is 2.60. The van der Waals surface area contributed by atoms with Crippen LogP contribution in [-0.2, 0) is 4.79 Å². The van der Waals surface area contributed by atoms with Crippen LogP contribution in [0.2, 0.25) is 0 Å². The van der Waals surface area contributed by atoms with Gasteiger partial charge in [0.1, 0.15) is 0 Å². The highest BCUT2D eigenvalue weighted by atomic mass is 16.3. The number of nitrogens with one attached hydrogen (secondary N) is 1. The van der Waals surface area contributed by atoms with E-state index >= 15 is 0 Å². The van der Waals surface area contributed by atoms with Gasteiger partial charge in [0.2, 0.25) is 5.91 Å². The first kappa shape index (κ1) is 24.5. The van der Waals surface area contributed by atoms with Crippen LogP contribution in [0.25, 0.3) is 0 Å². The second-order valence-corrected chi connectivity index (χ2v) is 13.0. The fraction of sp³-hybridized carbons (Fsp3) is 0.964. The minimum Gasteiger partial charge on any atom is -0.393 e. The maximum Gasteiger partial charge on any atom is 0.220 e. The second kappa shape index (κ2) is 9.56. The number of likely N-dealkylation sites (N-methyl/N-ethyl adjacent to an activating group) is 1. The van der Waals surface area contributed by atoms with E-state index in [1.807, 2.05) is 14.1 Å². The predicted molar refractivity (Wildman–Crippen MR) is 131 cm³/mol. The summed E-state index contributed by atoms with van der Waals surface area (Å²) in [4.78, 5) is 14.5. The van der Waals surface area contributed by atoms with E-state index in [2.05, 4.69) is 31.0 Å². The zero-order chi connectivity index (χ0) is 23.1. The van der Waals surface area contributed by atoms with E-state index in [1.165, 1.54) is 44.9 Å². The molecular weight excluding hydrogens is 396 g/mol. The van der Waals surface area contributed by atoms with Crippen molar-refractivity contribution in [1.82, 2.24) is 10.2 Å². The normalized spacial score (nSPS) is 44.5. The molecule has 0 saturated heterocycles. The van der Waals surface area contributed by atoms with Gasteiger partial charge in [0.05, 0.1) is 6.10 Å². The Labute approximate surface area is 197 Å². The summed E-state index contributed by atoms with van der Waals surface area (Å²) in [5, 5.41) is 13.4. The average Bonchev–Trinajstić information content (AvgIpc) is 3.09. The third-order valence-corrected chi connectivity index (χ3v) is 11.1. The lowest BCUT2D eigenvalue weighted by atomic mass is 9.44. The van der Waals surface area contributed by atoms with Gasteiger partial charge in [-0.25, -0.2) is 0 Å². The van der Waals surface area contributed by atoms with E-state index in [1.54, 1.807) is 0 Å². The molecule has 4 aliphatic carbocycles. The van der Waals surface area contributed by atoms with Crippen LogP contribution < -0.4 is 5.32 Å². The Bertz CT molecular complexity index is 666. The first-order valence-corrected chi connectivity index (χ1v) is 13.7. The van der Waals surface area contributed by atoms with Crippen LogP contribution in [0.3, 0.4) is 0 Å². The smallest absolute Gasteiger partial charge is 0.220 e. The van der Waals surface area contributed by atoms with Gasteiger partial charge in [-0.05, 0) is 125 Å². The molecule has 4 rings (SSSR count). The van der Waals surface area contributed by atoms with Crippen LogP contribution in [0.1, 0.15) is 91.4 Å². The molecule has 4 fully saturated rings. The molecule has 32 heavy (non-hydrogen) atoms. The number of aliphatic hydroxyl groups excluding tert-OH is 1. The summed E-state index contributed by atoms with van der Waals surface area (Å²) >= 11 is 0. The summed E-state index contributed by atoms with van der Waals surface area (Å²) in [6.45, 7) is 9.30. The summed E-state index contributed by atoms with van der Waals surface area (Å²) in [7, 11) is 4.09. The second-order valence-electron chi connectivity index (χ2n) is 13.0. The molecule has 0 aromatic carbocycles. The van der Waals surface area contributed by atoms with E-state index < -0.39 is 0 Å². The van der Waals surface area contributed by atoms with Crippen molar-refractivity contribution in [2.24, 2.45) is 46.3 Å². The van der Waals surface area contributed by atoms with Gasteiger partial charge >= 0.3 is 0 Å². The monoisotopic (exact) mass is 446 g/mol. The van der Waals surface area contributed by atoms with Crippen molar-refractivity contribution in [3.8, 4) is 0 Å². The van der Waals surface area contributed by atoms with Gasteiger partial charge in [-0.1, -0.05) is 20.8 Å². The lowest BCUT2D eigenvalue weighted by Crippen LogP contribution is -2.54. The number of hydrogen-bond donors (Lipinski definition) is 2. The van der Waals surface area contributed by atoms with Crippen LogP contribution in [0.15, 0.2) is 0 Å². The Hall–Kier alpha value is -0.610. The van der Waals surface area contributed by atoms with Gasteiger partial charge in [-0.2, -0.15) is 0 Å². The molecule has 4 unspecified atom stereocenters. The fourth-order valence-corrected chi connectivity index (χ4v) is 9.28. The van der Waals surface area contributed by atoms with Gasteiger partial charge < -0.3 is 15.3 Å². The van der Waals surface area contributed by atoms with Crippen molar-refractivity contribution >= 4 is 5.91 Å². The average molecular weight is 447 g/mol. The molecule has 4 nitrogen and oxygen atoms in total. The summed E-state index contributed by atoms with van der Waals surface area (Å²) in [6.07, 6.45) is 13.3. The molecule has 0 radical (unpaired) electrons. The molecule has 0 aromatic rings. The zero-order valence-corrected chi connectivity index (χ0v) is 21.5. The Morgan fingerprint density at radius 3 is 2.50 bits per heavy atom. The maximum absolute atomic E-state index is 12.3. The Morgan fingerprint density at radius 1 is 1.03 bits per heavy atom. The topological polar surface area (TPSA) is 52.6 Å². The van der Waals surface area contributed by atoms with Crippen LogP contribution in [0.5, 0.6) is 0 Å². The third kappa shape index (κ3) is 4.52. The number of aliphatic hydroxyl groups is 1. The predicted octanol–water partition coefficient (Wildman–Crippen LogP) is 5.10. The molecule has 4 heteroatoms. The Morgan fingerprint density at radius 2 is 1.75 bits per heavy atom. The van der Waals surface area contributed by atoms with Gasteiger partial charge in [-0.15, -0.1) is 0 Å². The van der Waals surface area contributed by atoms with Gasteiger partial charge in [-0.3, -0.25) is 4.79 Å². The number of rotatable bonds is 7. The first-order chi connectivity index (χ1) is 15.1. The Kier molecular flexibility index (Phi) is 7.33. The summed E-state index contributed by atoms with van der Waals surface area (Å²) in [5.41, 5.74) is 0.942. The quantitative estimate of drug-likeness (QED) is 0.572. The van der Waals surface area contributed by atoms with Crippen molar-refractivity contribution in [3.63, 3.8) is 0 Å². The SMILES string of the molecule is C[C@H](CCC(=O)NCCN(C)C)[C@H]1CCC2C3CCC4C[C@H](O)CC[C@]4(C)C3CC[C@@]21C. The lowest BCUT2D eigenvalue weighted by Gasteiger charge is -2.61. The van der Waals surface area contributed by atoms with Crippen LogP contribution >= 0.6 is 0 Å². The number of fused-ring (bicyclic) bond motifs is 5. The molecule has 0 aromatic heterocycles. The van der Waals surface area contributed by atoms with Crippen molar-refractivity contribution in [3.05, 3.63) is 0 Å². The molecule has 0 spiro atoms. The summed E-state index contributed by atoms with van der Waals surface area (Å²) in [5.74, 6) is 5.05. The highest BCUT2D eigenvalue weighted by Crippen LogP contribution is 2.68. The first-order valence-electron chi connectivity index (χ1n) is 13.7. The van der Waals surface area contributed by atoms with E-state index in [9.17, 15) is 9.90 Å². The summed E-state index contributed by atoms with van der Waals surface area (Å²) in [6, 6.07) is 0. The lowest BCUT2D eigenvalue weighted by molar-refractivity contribution is -0.129. The van der Waals surface area contributed by atoms with Crippen molar-refractivity contribution in [2.45, 2.75) is 97.5 Å². The number of nitrogens with zero attached hydrogens (tertiary/aromatic N) is 1. The van der Waals surface area contributed by atoms with Crippen LogP contribution in [0, 0.1) is 46.3 Å². The largest absolute Gasteiger partial charge is 0.393 e. The van der Waals surface area contributed by atoms with E-state index in [-0.39, 0.29) is 12.0 Å². The van der Waals surface area contributed by atoms with Crippen molar-refractivity contribution < 1.29 is 9.90 Å². The third-order valence-electron chi connectivity index (χ3n) is 11.1. The van der Waals surface area contributed by atoms with E-state index in [4.69, 9.17) is 0 Å². The number of amides is 1. The molecule has 2 N–H and O–H groups in total. The van der Waals surface area contributed by atoms with Crippen LogP contribution in [0.4, 0.5) is 0 Å². The summed E-state index contributed by atoms with van der Waals surface area (Å²) < 4.78 is 0. The number of carbonyl (C=O) groups excluding carboxylic acids is 1. The standard InChI is InChI=1S/C28H50N2O2/c1-19(6-11-26(32)29-16-17-30(4)5)23-9-10-24-22-8-7-20-18-21(31)12-14-27(20,2)25(22)13-15-28(23,24)3/h19-25,31H,6-18H2,1-5H3,(H,29,32)/t19-,20?,21-,22?,23-,24?,25?,27+,28-/m1/s1. The fourth-order valence-electron chi connectivity index (χ4n) is 9.28. The minimum absolute atomic E-state index is 0.0460. The molecule has 184 valence electrons. The number of hydrogen-bond acceptors (Lipinski definition) is 3. The number of carbonyl (C=O) groups is 1. The Balaban J connectivity index is 1.36. The molecular formula is C28H50N2O2. The van der Waals surface area contributed by atoms with E-state index in [0.29, 0.717) is 23.2 Å². The van der Waals surface area contributed by atoms with Gasteiger partial charge in [0.25, 0.3) is 0 Å². The molecule has 9 atom stereocenters. The molecule has 0 heterocycles. The molecule has 4 saturated carbocycles. The highest BCUT2D eigenvalue weighted by molar-refractivity contribution is 5.75. The van der Waals surface area contributed by atoms with Gasteiger partial charge in [0, 0.05) is 19.5 Å². The van der Waals surface area contributed by atoms with Crippen molar-refractivity contribution in [1.29, 1.82) is 0 Å². The molecule has 0 aliphatic heterocycles. The van der Waals surface area contributed by atoms with Crippen molar-refractivity contribution in [2.75, 3.05) is 27.2 Å². The zero-order valence-electron chi connectivity index (χ0n) is 21.5. The molecule has 1 amide bonds. The minimum atomic E-state index is -0.0460. The molecule has 0 bridgehead atoms.